The van der Waals surface area contributed by atoms with Gasteiger partial charge in [-0.25, -0.2) is 0 Å². The Balaban J connectivity index is 1.47. The van der Waals surface area contributed by atoms with Crippen LogP contribution in [0.1, 0.15) is 20.9 Å². The van der Waals surface area contributed by atoms with Gasteiger partial charge >= 0.3 is 0 Å². The predicted octanol–water partition coefficient (Wildman–Crippen LogP) is 1.65. The Labute approximate surface area is 155 Å². The van der Waals surface area contributed by atoms with E-state index in [0.29, 0.717) is 36.8 Å². The van der Waals surface area contributed by atoms with Crippen molar-refractivity contribution in [2.45, 2.75) is 0 Å². The first-order chi connectivity index (χ1) is 12.6. The fourth-order valence-electron chi connectivity index (χ4n) is 2.72. The van der Waals surface area contributed by atoms with E-state index in [4.69, 9.17) is 16.0 Å². The molecule has 1 saturated heterocycles. The summed E-state index contributed by atoms with van der Waals surface area (Å²) in [6.45, 7) is 1.55. The number of amides is 3. The topological polar surface area (TPSA) is 82.9 Å². The van der Waals surface area contributed by atoms with Gasteiger partial charge in [-0.05, 0) is 24.3 Å². The number of furan rings is 1. The third-order valence-electron chi connectivity index (χ3n) is 4.17. The second-order valence-corrected chi connectivity index (χ2v) is 6.22. The van der Waals surface area contributed by atoms with Crippen LogP contribution in [0.2, 0.25) is 5.02 Å². The number of nitrogens with one attached hydrogen (secondary N) is 1. The van der Waals surface area contributed by atoms with Crippen molar-refractivity contribution < 1.29 is 18.8 Å². The second kappa shape index (κ2) is 8.05. The van der Waals surface area contributed by atoms with Crippen molar-refractivity contribution in [1.82, 2.24) is 15.1 Å². The highest BCUT2D eigenvalue weighted by Gasteiger charge is 2.26. The molecule has 8 heteroatoms. The average molecular weight is 376 g/mol. The molecule has 2 heterocycles. The molecule has 2 aromatic rings. The van der Waals surface area contributed by atoms with Crippen LogP contribution in [0.4, 0.5) is 0 Å². The quantitative estimate of drug-likeness (QED) is 0.880. The largest absolute Gasteiger partial charge is 0.459 e. The Bertz CT molecular complexity index is 799. The molecule has 1 aromatic carbocycles. The predicted molar refractivity (Wildman–Crippen MR) is 95.0 cm³/mol. The first-order valence-electron chi connectivity index (χ1n) is 8.19. The molecule has 3 rings (SSSR count). The molecule has 1 N–H and O–H groups in total. The lowest BCUT2D eigenvalue weighted by Crippen LogP contribution is -2.52. The molecule has 0 aliphatic carbocycles. The van der Waals surface area contributed by atoms with Crippen molar-refractivity contribution in [3.05, 3.63) is 59.0 Å². The highest BCUT2D eigenvalue weighted by atomic mass is 35.5. The van der Waals surface area contributed by atoms with Crippen molar-refractivity contribution in [3.8, 4) is 0 Å². The minimum Gasteiger partial charge on any atom is -0.459 e. The van der Waals surface area contributed by atoms with Crippen molar-refractivity contribution >= 4 is 29.3 Å². The second-order valence-electron chi connectivity index (χ2n) is 5.81. The third kappa shape index (κ3) is 4.05. The number of carbonyl (C=O) groups is 3. The number of nitrogens with zero attached hydrogens (tertiary/aromatic N) is 2. The summed E-state index contributed by atoms with van der Waals surface area (Å²) in [7, 11) is 0. The molecular weight excluding hydrogens is 358 g/mol. The lowest BCUT2D eigenvalue weighted by Gasteiger charge is -2.34. The van der Waals surface area contributed by atoms with Gasteiger partial charge in [0, 0.05) is 26.2 Å². The fourth-order valence-corrected chi connectivity index (χ4v) is 2.94. The van der Waals surface area contributed by atoms with E-state index in [0.717, 1.165) is 0 Å². The molecular formula is C18H18ClN3O4. The molecule has 0 atom stereocenters. The molecule has 1 aromatic heterocycles. The molecule has 0 radical (unpaired) electrons. The molecule has 1 fully saturated rings. The molecule has 0 spiro atoms. The van der Waals surface area contributed by atoms with Crippen LogP contribution in [0.15, 0.2) is 47.1 Å². The SMILES string of the molecule is O=C(NCC(=O)N1CCN(C(=O)c2ccco2)CC1)c1ccccc1Cl. The maximum atomic E-state index is 12.3. The Kier molecular flexibility index (Phi) is 5.58. The maximum Gasteiger partial charge on any atom is 0.289 e. The van der Waals surface area contributed by atoms with E-state index in [1.54, 1.807) is 46.2 Å². The zero-order valence-corrected chi connectivity index (χ0v) is 14.7. The zero-order chi connectivity index (χ0) is 18.5. The van der Waals surface area contributed by atoms with Crippen LogP contribution < -0.4 is 5.32 Å². The maximum absolute atomic E-state index is 12.3. The number of carbonyl (C=O) groups excluding carboxylic acids is 3. The van der Waals surface area contributed by atoms with Gasteiger partial charge < -0.3 is 19.5 Å². The van der Waals surface area contributed by atoms with Gasteiger partial charge in [0.15, 0.2) is 5.76 Å². The minimum atomic E-state index is -0.393. The summed E-state index contributed by atoms with van der Waals surface area (Å²) in [5.74, 6) is -0.489. The van der Waals surface area contributed by atoms with Gasteiger partial charge in [0.2, 0.25) is 5.91 Å². The van der Waals surface area contributed by atoms with Crippen LogP contribution in [0.25, 0.3) is 0 Å². The van der Waals surface area contributed by atoms with Crippen LogP contribution >= 0.6 is 11.6 Å². The van der Waals surface area contributed by atoms with Gasteiger partial charge in [-0.1, -0.05) is 23.7 Å². The molecule has 0 saturated carbocycles. The van der Waals surface area contributed by atoms with Gasteiger partial charge in [0.05, 0.1) is 23.4 Å². The summed E-state index contributed by atoms with van der Waals surface area (Å²) in [6, 6.07) is 9.93. The Morgan fingerprint density at radius 3 is 2.35 bits per heavy atom. The third-order valence-corrected chi connectivity index (χ3v) is 4.50. The standard InChI is InChI=1S/C18H18ClN3O4/c19-14-5-2-1-4-13(14)17(24)20-12-16(23)21-7-9-22(10-8-21)18(25)15-6-3-11-26-15/h1-6,11H,7-10,12H2,(H,20,24). The van der Waals surface area contributed by atoms with Gasteiger partial charge in [0.1, 0.15) is 0 Å². The fraction of sp³-hybridized carbons (Fsp3) is 0.278. The summed E-state index contributed by atoms with van der Waals surface area (Å²) >= 11 is 5.97. The summed E-state index contributed by atoms with van der Waals surface area (Å²) in [5, 5.41) is 2.92. The van der Waals surface area contributed by atoms with E-state index >= 15 is 0 Å². The Morgan fingerprint density at radius 2 is 1.69 bits per heavy atom. The summed E-state index contributed by atoms with van der Waals surface area (Å²) < 4.78 is 5.11. The molecule has 136 valence electrons. The van der Waals surface area contributed by atoms with E-state index in [2.05, 4.69) is 5.32 Å². The summed E-state index contributed by atoms with van der Waals surface area (Å²) in [4.78, 5) is 39.8. The molecule has 26 heavy (non-hydrogen) atoms. The van der Waals surface area contributed by atoms with Crippen LogP contribution in [0.5, 0.6) is 0 Å². The lowest BCUT2D eigenvalue weighted by atomic mass is 10.2. The number of rotatable bonds is 4. The van der Waals surface area contributed by atoms with Crippen molar-refractivity contribution in [2.75, 3.05) is 32.7 Å². The Morgan fingerprint density at radius 1 is 1.00 bits per heavy atom. The van der Waals surface area contributed by atoms with E-state index in [-0.39, 0.29) is 24.1 Å². The van der Waals surface area contributed by atoms with Gasteiger partial charge in [-0.3, -0.25) is 14.4 Å². The van der Waals surface area contributed by atoms with E-state index < -0.39 is 5.91 Å². The number of piperazine rings is 1. The highest BCUT2D eigenvalue weighted by molar-refractivity contribution is 6.33. The van der Waals surface area contributed by atoms with E-state index in [9.17, 15) is 14.4 Å². The summed E-state index contributed by atoms with van der Waals surface area (Å²) in [5.41, 5.74) is 0.329. The molecule has 7 nitrogen and oxygen atoms in total. The molecule has 1 aliphatic rings. The first-order valence-corrected chi connectivity index (χ1v) is 8.57. The van der Waals surface area contributed by atoms with Crippen molar-refractivity contribution in [1.29, 1.82) is 0 Å². The van der Waals surface area contributed by atoms with E-state index in [1.165, 1.54) is 6.26 Å². The van der Waals surface area contributed by atoms with E-state index in [1.807, 2.05) is 0 Å². The first kappa shape index (κ1) is 18.0. The number of hydrogen-bond acceptors (Lipinski definition) is 4. The van der Waals surface area contributed by atoms with Gasteiger partial charge in [-0.2, -0.15) is 0 Å². The van der Waals surface area contributed by atoms with Crippen LogP contribution in [0, 0.1) is 0 Å². The zero-order valence-electron chi connectivity index (χ0n) is 14.0. The molecule has 1 aliphatic heterocycles. The molecule has 0 unspecified atom stereocenters. The molecule has 3 amide bonds. The lowest BCUT2D eigenvalue weighted by molar-refractivity contribution is -0.131. The minimum absolute atomic E-state index is 0.115. The average Bonchev–Trinajstić information content (AvgIpc) is 3.20. The van der Waals surface area contributed by atoms with Crippen molar-refractivity contribution in [2.24, 2.45) is 0 Å². The van der Waals surface area contributed by atoms with Gasteiger partial charge in [0.25, 0.3) is 11.8 Å². The number of benzene rings is 1. The summed E-state index contributed by atoms with van der Waals surface area (Å²) in [6.07, 6.45) is 1.45. The molecule has 0 bridgehead atoms. The van der Waals surface area contributed by atoms with Crippen molar-refractivity contribution in [3.63, 3.8) is 0 Å². The number of hydrogen-bond donors (Lipinski definition) is 1. The monoisotopic (exact) mass is 375 g/mol. The Hall–Kier alpha value is -2.80. The van der Waals surface area contributed by atoms with Crippen LogP contribution in [-0.4, -0.2) is 60.2 Å². The van der Waals surface area contributed by atoms with Crippen LogP contribution in [-0.2, 0) is 4.79 Å². The van der Waals surface area contributed by atoms with Crippen LogP contribution in [0.3, 0.4) is 0 Å². The highest BCUT2D eigenvalue weighted by Crippen LogP contribution is 2.14. The smallest absolute Gasteiger partial charge is 0.289 e. The number of halogens is 1. The van der Waals surface area contributed by atoms with Gasteiger partial charge in [-0.15, -0.1) is 0 Å². The normalized spacial score (nSPS) is 14.2.